The highest BCUT2D eigenvalue weighted by molar-refractivity contribution is 6.30. The van der Waals surface area contributed by atoms with Gasteiger partial charge in [0.15, 0.2) is 0 Å². The summed E-state index contributed by atoms with van der Waals surface area (Å²) >= 11 is 6.03. The number of nitro benzene ring substituents is 1. The van der Waals surface area contributed by atoms with Crippen LogP contribution in [0.2, 0.25) is 5.02 Å². The lowest BCUT2D eigenvalue weighted by atomic mass is 9.54. The maximum atomic E-state index is 13.2. The van der Waals surface area contributed by atoms with E-state index in [2.05, 4.69) is 5.32 Å². The molecule has 0 aromatic heterocycles. The van der Waals surface area contributed by atoms with Gasteiger partial charge in [0.05, 0.1) is 4.92 Å². The zero-order chi connectivity index (χ0) is 25.7. The van der Waals surface area contributed by atoms with Gasteiger partial charge >= 0.3 is 0 Å². The number of amides is 2. The van der Waals surface area contributed by atoms with E-state index in [1.54, 1.807) is 41.3 Å². The largest absolute Gasteiger partial charge is 0.362 e. The molecule has 4 bridgehead atoms. The van der Waals surface area contributed by atoms with Crippen molar-refractivity contribution in [1.82, 2.24) is 10.2 Å². The summed E-state index contributed by atoms with van der Waals surface area (Å²) in [6.45, 7) is 1.81. The molecule has 4 aliphatic carbocycles. The normalized spacial score (nSPS) is 28.3. The number of anilines is 1. The molecule has 0 spiro atoms. The van der Waals surface area contributed by atoms with Crippen LogP contribution in [0.1, 0.15) is 52.8 Å². The molecule has 0 atom stereocenters. The maximum Gasteiger partial charge on any atom is 0.293 e. The van der Waals surface area contributed by atoms with Crippen molar-refractivity contribution in [3.63, 3.8) is 0 Å². The number of nitrogens with one attached hydrogen (secondary N) is 1. The average Bonchev–Trinajstić information content (AvgIpc) is 2.89. The molecule has 2 aromatic carbocycles. The third kappa shape index (κ3) is 4.67. The van der Waals surface area contributed by atoms with Gasteiger partial charge < -0.3 is 15.1 Å². The van der Waals surface area contributed by atoms with Crippen LogP contribution in [0.25, 0.3) is 0 Å². The van der Waals surface area contributed by atoms with Gasteiger partial charge in [0, 0.05) is 54.4 Å². The number of nitro groups is 1. The number of halogens is 1. The van der Waals surface area contributed by atoms with Crippen LogP contribution in [-0.2, 0) is 0 Å². The number of benzene rings is 2. The number of carbonyl (C=O) groups is 2. The summed E-state index contributed by atoms with van der Waals surface area (Å²) in [4.78, 5) is 41.2. The molecule has 0 unspecified atom stereocenters. The van der Waals surface area contributed by atoms with E-state index in [1.165, 1.54) is 38.2 Å². The van der Waals surface area contributed by atoms with Crippen molar-refractivity contribution < 1.29 is 14.5 Å². The van der Waals surface area contributed by atoms with Gasteiger partial charge in [0.25, 0.3) is 17.5 Å². The van der Waals surface area contributed by atoms with Gasteiger partial charge in [0.1, 0.15) is 5.69 Å². The number of hydrogen-bond donors (Lipinski definition) is 1. The second-order valence-electron chi connectivity index (χ2n) is 11.2. The minimum atomic E-state index is -0.418. The predicted molar refractivity (Wildman–Crippen MR) is 141 cm³/mol. The number of rotatable bonds is 5. The van der Waals surface area contributed by atoms with Gasteiger partial charge in [-0.05, 0) is 86.1 Å². The molecule has 4 saturated carbocycles. The van der Waals surface area contributed by atoms with Gasteiger partial charge in [-0.15, -0.1) is 0 Å². The molecule has 9 heteroatoms. The Hall–Kier alpha value is -3.13. The van der Waals surface area contributed by atoms with Crippen LogP contribution in [0.15, 0.2) is 42.5 Å². The highest BCUT2D eigenvalue weighted by Gasteiger charge is 2.48. The van der Waals surface area contributed by atoms with Gasteiger partial charge in [-0.1, -0.05) is 17.7 Å². The Kier molecular flexibility index (Phi) is 6.31. The van der Waals surface area contributed by atoms with Crippen LogP contribution in [0.3, 0.4) is 0 Å². The lowest BCUT2D eigenvalue weighted by Gasteiger charge is -2.54. The van der Waals surface area contributed by atoms with E-state index < -0.39 is 4.92 Å². The zero-order valence-electron chi connectivity index (χ0n) is 20.6. The van der Waals surface area contributed by atoms with Crippen molar-refractivity contribution in [3.8, 4) is 0 Å². The SMILES string of the molecule is O=C(NC1C2CC3CC(C2)CC1C3)c1ccc(N2CCN(C(=O)c3cccc(Cl)c3)CC2)c([N+](=O)[O-])c1. The fourth-order valence-corrected chi connectivity index (χ4v) is 7.62. The van der Waals surface area contributed by atoms with Crippen LogP contribution in [0.4, 0.5) is 11.4 Å². The molecule has 194 valence electrons. The van der Waals surface area contributed by atoms with E-state index in [9.17, 15) is 19.7 Å². The van der Waals surface area contributed by atoms with Crippen LogP contribution in [0, 0.1) is 33.8 Å². The lowest BCUT2D eigenvalue weighted by Crippen LogP contribution is -2.55. The van der Waals surface area contributed by atoms with Crippen molar-refractivity contribution in [1.29, 1.82) is 0 Å². The minimum Gasteiger partial charge on any atom is -0.362 e. The van der Waals surface area contributed by atoms with E-state index in [1.807, 2.05) is 4.90 Å². The van der Waals surface area contributed by atoms with Gasteiger partial charge in [-0.2, -0.15) is 0 Å². The fraction of sp³-hybridized carbons (Fsp3) is 0.500. The Bertz CT molecular complexity index is 1210. The molecule has 1 saturated heterocycles. The Morgan fingerprint density at radius 1 is 0.892 bits per heavy atom. The quantitative estimate of drug-likeness (QED) is 0.451. The highest BCUT2D eigenvalue weighted by atomic mass is 35.5. The summed E-state index contributed by atoms with van der Waals surface area (Å²) in [5.41, 5.74) is 1.26. The predicted octanol–water partition coefficient (Wildman–Crippen LogP) is 4.77. The Labute approximate surface area is 221 Å². The molecule has 1 heterocycles. The third-order valence-electron chi connectivity index (χ3n) is 8.94. The number of piperazine rings is 1. The molecular weight excluding hydrogens is 492 g/mol. The molecule has 1 N–H and O–H groups in total. The van der Waals surface area contributed by atoms with Crippen LogP contribution in [-0.4, -0.2) is 53.9 Å². The molecular formula is C28H31ClN4O4. The summed E-state index contributed by atoms with van der Waals surface area (Å²) in [5, 5.41) is 15.7. The van der Waals surface area contributed by atoms with Crippen LogP contribution < -0.4 is 10.2 Å². The molecule has 37 heavy (non-hydrogen) atoms. The summed E-state index contributed by atoms with van der Waals surface area (Å²) < 4.78 is 0. The number of nitrogens with zero attached hydrogens (tertiary/aromatic N) is 3. The smallest absolute Gasteiger partial charge is 0.293 e. The fourth-order valence-electron chi connectivity index (χ4n) is 7.43. The summed E-state index contributed by atoms with van der Waals surface area (Å²) in [5.74, 6) is 2.40. The van der Waals surface area contributed by atoms with Crippen LogP contribution >= 0.6 is 11.6 Å². The first-order valence-corrected chi connectivity index (χ1v) is 13.6. The zero-order valence-corrected chi connectivity index (χ0v) is 21.4. The molecule has 1 aliphatic heterocycles. The summed E-state index contributed by atoms with van der Waals surface area (Å²) in [6.07, 6.45) is 6.14. The van der Waals surface area contributed by atoms with E-state index in [-0.39, 0.29) is 23.5 Å². The molecule has 2 amide bonds. The Balaban J connectivity index is 1.13. The van der Waals surface area contributed by atoms with Crippen molar-refractivity contribution >= 4 is 34.8 Å². The molecule has 0 radical (unpaired) electrons. The minimum absolute atomic E-state index is 0.0765. The Morgan fingerprint density at radius 3 is 2.19 bits per heavy atom. The molecule has 5 fully saturated rings. The highest BCUT2D eigenvalue weighted by Crippen LogP contribution is 2.53. The van der Waals surface area contributed by atoms with E-state index in [0.717, 1.165) is 11.8 Å². The number of carbonyl (C=O) groups excluding carboxylic acids is 2. The van der Waals surface area contributed by atoms with Crippen LogP contribution in [0.5, 0.6) is 0 Å². The average molecular weight is 523 g/mol. The monoisotopic (exact) mass is 522 g/mol. The summed E-state index contributed by atoms with van der Waals surface area (Å²) in [7, 11) is 0. The van der Waals surface area contributed by atoms with Gasteiger partial charge in [-0.3, -0.25) is 19.7 Å². The first-order valence-electron chi connectivity index (χ1n) is 13.2. The van der Waals surface area contributed by atoms with Crippen molar-refractivity contribution in [2.45, 2.75) is 38.1 Å². The van der Waals surface area contributed by atoms with Gasteiger partial charge in [0.2, 0.25) is 0 Å². The standard InChI is InChI=1S/C28H31ClN4O4/c29-23-3-1-2-20(15-23)28(35)32-8-6-31(7-9-32)24-5-4-19(16-25(24)33(36)37)27(34)30-26-21-11-17-10-18(13-21)14-22(26)12-17/h1-5,15-18,21-22,26H,6-14H2,(H,30,34). The molecule has 7 rings (SSSR count). The van der Waals surface area contributed by atoms with Crippen molar-refractivity contribution in [2.75, 3.05) is 31.1 Å². The second-order valence-corrected chi connectivity index (χ2v) is 11.6. The van der Waals surface area contributed by atoms with Crippen molar-refractivity contribution in [2.24, 2.45) is 23.7 Å². The molecule has 5 aliphatic rings. The lowest BCUT2D eigenvalue weighted by molar-refractivity contribution is -0.384. The first-order chi connectivity index (χ1) is 17.9. The first kappa shape index (κ1) is 24.2. The number of hydrogen-bond acceptors (Lipinski definition) is 5. The van der Waals surface area contributed by atoms with Crippen molar-refractivity contribution in [3.05, 3.63) is 68.7 Å². The molecule has 2 aromatic rings. The molecule has 8 nitrogen and oxygen atoms in total. The maximum absolute atomic E-state index is 13.2. The van der Waals surface area contributed by atoms with E-state index in [0.29, 0.717) is 59.9 Å². The van der Waals surface area contributed by atoms with E-state index >= 15 is 0 Å². The van der Waals surface area contributed by atoms with E-state index in [4.69, 9.17) is 11.6 Å². The summed E-state index contributed by atoms with van der Waals surface area (Å²) in [6, 6.07) is 11.8. The third-order valence-corrected chi connectivity index (χ3v) is 9.17. The second kappa shape index (κ2) is 9.63. The topological polar surface area (TPSA) is 95.8 Å². The van der Waals surface area contributed by atoms with Gasteiger partial charge in [-0.25, -0.2) is 0 Å². The Morgan fingerprint density at radius 2 is 1.57 bits per heavy atom.